The first-order valence-electron chi connectivity index (χ1n) is 7.47. The SMILES string of the molecule is CCc1c(N)ncnc1N1CCCC(C(C)C)CC1. The van der Waals surface area contributed by atoms with E-state index in [2.05, 4.69) is 35.6 Å². The maximum Gasteiger partial charge on any atom is 0.137 e. The molecular formula is C15H26N4. The molecule has 1 aromatic heterocycles. The van der Waals surface area contributed by atoms with Gasteiger partial charge in [0, 0.05) is 18.7 Å². The number of nitrogens with zero attached hydrogens (tertiary/aromatic N) is 3. The van der Waals surface area contributed by atoms with E-state index in [9.17, 15) is 0 Å². The number of nitrogens with two attached hydrogens (primary N) is 1. The van der Waals surface area contributed by atoms with Gasteiger partial charge in [-0.3, -0.25) is 0 Å². The van der Waals surface area contributed by atoms with Gasteiger partial charge in [-0.15, -0.1) is 0 Å². The number of nitrogen functional groups attached to an aromatic ring is 1. The highest BCUT2D eigenvalue weighted by Gasteiger charge is 2.22. The molecule has 2 rings (SSSR count). The van der Waals surface area contributed by atoms with Crippen LogP contribution in [0.1, 0.15) is 45.6 Å². The fraction of sp³-hybridized carbons (Fsp3) is 0.733. The molecule has 2 N–H and O–H groups in total. The van der Waals surface area contributed by atoms with Crippen molar-refractivity contribution >= 4 is 11.6 Å². The zero-order chi connectivity index (χ0) is 13.8. The van der Waals surface area contributed by atoms with Gasteiger partial charge in [0.25, 0.3) is 0 Å². The van der Waals surface area contributed by atoms with Crippen LogP contribution in [0.25, 0.3) is 0 Å². The van der Waals surface area contributed by atoms with E-state index in [1.54, 1.807) is 6.33 Å². The van der Waals surface area contributed by atoms with Crippen LogP contribution in [0.2, 0.25) is 0 Å². The highest BCUT2D eigenvalue weighted by Crippen LogP contribution is 2.29. The Morgan fingerprint density at radius 3 is 2.79 bits per heavy atom. The average molecular weight is 262 g/mol. The highest BCUT2D eigenvalue weighted by atomic mass is 15.2. The molecular weight excluding hydrogens is 236 g/mol. The number of anilines is 2. The third kappa shape index (κ3) is 3.17. The topological polar surface area (TPSA) is 55.0 Å². The van der Waals surface area contributed by atoms with Crippen molar-refractivity contribution in [2.24, 2.45) is 11.8 Å². The highest BCUT2D eigenvalue weighted by molar-refractivity contribution is 5.56. The average Bonchev–Trinajstić information content (AvgIpc) is 2.64. The number of hydrogen-bond acceptors (Lipinski definition) is 4. The minimum absolute atomic E-state index is 0.636. The van der Waals surface area contributed by atoms with Gasteiger partial charge in [-0.05, 0) is 37.5 Å². The first kappa shape index (κ1) is 14.1. The van der Waals surface area contributed by atoms with Gasteiger partial charge in [-0.1, -0.05) is 20.8 Å². The summed E-state index contributed by atoms with van der Waals surface area (Å²) in [6, 6.07) is 0. The summed E-state index contributed by atoms with van der Waals surface area (Å²) in [6.07, 6.45) is 6.32. The molecule has 106 valence electrons. The monoisotopic (exact) mass is 262 g/mol. The summed E-state index contributed by atoms with van der Waals surface area (Å²) in [5.41, 5.74) is 7.08. The van der Waals surface area contributed by atoms with Crippen LogP contribution < -0.4 is 10.6 Å². The Balaban J connectivity index is 2.16. The smallest absolute Gasteiger partial charge is 0.137 e. The van der Waals surface area contributed by atoms with Crippen LogP contribution in [-0.2, 0) is 6.42 Å². The molecule has 0 spiro atoms. The van der Waals surface area contributed by atoms with Crippen LogP contribution in [-0.4, -0.2) is 23.1 Å². The molecule has 0 aromatic carbocycles. The number of aromatic nitrogens is 2. The van der Waals surface area contributed by atoms with Crippen molar-refractivity contribution < 1.29 is 0 Å². The zero-order valence-electron chi connectivity index (χ0n) is 12.4. The van der Waals surface area contributed by atoms with E-state index in [1.807, 2.05) is 0 Å². The van der Waals surface area contributed by atoms with Crippen molar-refractivity contribution in [3.8, 4) is 0 Å². The predicted molar refractivity (Wildman–Crippen MR) is 80.2 cm³/mol. The lowest BCUT2D eigenvalue weighted by molar-refractivity contribution is 0.351. The molecule has 1 saturated heterocycles. The van der Waals surface area contributed by atoms with Crippen molar-refractivity contribution in [2.45, 2.75) is 46.5 Å². The Labute approximate surface area is 116 Å². The zero-order valence-corrected chi connectivity index (χ0v) is 12.4. The molecule has 1 aliphatic rings. The molecule has 0 aliphatic carbocycles. The third-order valence-corrected chi connectivity index (χ3v) is 4.32. The minimum atomic E-state index is 0.636. The van der Waals surface area contributed by atoms with E-state index in [0.717, 1.165) is 42.7 Å². The van der Waals surface area contributed by atoms with E-state index in [1.165, 1.54) is 19.3 Å². The van der Waals surface area contributed by atoms with Crippen molar-refractivity contribution in [1.29, 1.82) is 0 Å². The molecule has 0 saturated carbocycles. The Morgan fingerprint density at radius 2 is 2.11 bits per heavy atom. The Bertz CT molecular complexity index is 417. The van der Waals surface area contributed by atoms with E-state index in [-0.39, 0.29) is 0 Å². The van der Waals surface area contributed by atoms with Gasteiger partial charge in [0.05, 0.1) is 0 Å². The lowest BCUT2D eigenvalue weighted by atomic mass is 9.89. The fourth-order valence-electron chi connectivity index (χ4n) is 3.03. The van der Waals surface area contributed by atoms with Crippen molar-refractivity contribution in [1.82, 2.24) is 9.97 Å². The predicted octanol–water partition coefficient (Wildman–Crippen LogP) is 2.88. The van der Waals surface area contributed by atoms with Gasteiger partial charge < -0.3 is 10.6 Å². The Hall–Kier alpha value is -1.32. The molecule has 2 heterocycles. The second kappa shape index (κ2) is 6.22. The lowest BCUT2D eigenvalue weighted by Crippen LogP contribution is -2.27. The van der Waals surface area contributed by atoms with E-state index in [0.29, 0.717) is 5.82 Å². The van der Waals surface area contributed by atoms with Crippen LogP contribution in [0.5, 0.6) is 0 Å². The third-order valence-electron chi connectivity index (χ3n) is 4.32. The van der Waals surface area contributed by atoms with Gasteiger partial charge in [-0.25, -0.2) is 9.97 Å². The second-order valence-corrected chi connectivity index (χ2v) is 5.84. The quantitative estimate of drug-likeness (QED) is 0.910. The Kier molecular flexibility index (Phi) is 4.61. The van der Waals surface area contributed by atoms with E-state index in [4.69, 9.17) is 5.73 Å². The lowest BCUT2D eigenvalue weighted by Gasteiger charge is -2.24. The standard InChI is InChI=1S/C15H26N4/c1-4-13-14(16)17-10-18-15(13)19-8-5-6-12(7-9-19)11(2)3/h10-12H,4-9H2,1-3H3,(H2,16,17,18). The summed E-state index contributed by atoms with van der Waals surface area (Å²) < 4.78 is 0. The van der Waals surface area contributed by atoms with Gasteiger partial charge in [0.1, 0.15) is 18.0 Å². The molecule has 1 fully saturated rings. The molecule has 1 aliphatic heterocycles. The van der Waals surface area contributed by atoms with Crippen LogP contribution in [0, 0.1) is 11.8 Å². The van der Waals surface area contributed by atoms with Gasteiger partial charge >= 0.3 is 0 Å². The first-order valence-corrected chi connectivity index (χ1v) is 7.47. The maximum atomic E-state index is 5.98. The molecule has 1 aromatic rings. The molecule has 1 atom stereocenters. The molecule has 0 radical (unpaired) electrons. The van der Waals surface area contributed by atoms with Gasteiger partial charge in [-0.2, -0.15) is 0 Å². The summed E-state index contributed by atoms with van der Waals surface area (Å²) in [6.45, 7) is 8.97. The summed E-state index contributed by atoms with van der Waals surface area (Å²) >= 11 is 0. The van der Waals surface area contributed by atoms with Gasteiger partial charge in [0.2, 0.25) is 0 Å². The van der Waals surface area contributed by atoms with Crippen molar-refractivity contribution in [3.63, 3.8) is 0 Å². The largest absolute Gasteiger partial charge is 0.383 e. The maximum absolute atomic E-state index is 5.98. The summed E-state index contributed by atoms with van der Waals surface area (Å²) in [4.78, 5) is 11.0. The molecule has 4 heteroatoms. The van der Waals surface area contributed by atoms with Gasteiger partial charge in [0.15, 0.2) is 0 Å². The van der Waals surface area contributed by atoms with Crippen LogP contribution >= 0.6 is 0 Å². The molecule has 4 nitrogen and oxygen atoms in total. The van der Waals surface area contributed by atoms with Crippen molar-refractivity contribution in [2.75, 3.05) is 23.7 Å². The van der Waals surface area contributed by atoms with Crippen molar-refractivity contribution in [3.05, 3.63) is 11.9 Å². The first-order chi connectivity index (χ1) is 9.13. The molecule has 19 heavy (non-hydrogen) atoms. The summed E-state index contributed by atoms with van der Waals surface area (Å²) in [5.74, 6) is 3.31. The van der Waals surface area contributed by atoms with Crippen LogP contribution in [0.3, 0.4) is 0 Å². The fourth-order valence-corrected chi connectivity index (χ4v) is 3.03. The summed E-state index contributed by atoms with van der Waals surface area (Å²) in [5, 5.41) is 0. The normalized spacial score (nSPS) is 20.6. The van der Waals surface area contributed by atoms with E-state index >= 15 is 0 Å². The second-order valence-electron chi connectivity index (χ2n) is 5.84. The summed E-state index contributed by atoms with van der Waals surface area (Å²) in [7, 11) is 0. The molecule has 0 bridgehead atoms. The van der Waals surface area contributed by atoms with Crippen LogP contribution in [0.4, 0.5) is 11.6 Å². The Morgan fingerprint density at radius 1 is 1.32 bits per heavy atom. The van der Waals surface area contributed by atoms with Crippen LogP contribution in [0.15, 0.2) is 6.33 Å². The molecule has 1 unspecified atom stereocenters. The molecule has 0 amide bonds. The van der Waals surface area contributed by atoms with E-state index < -0.39 is 0 Å². The number of hydrogen-bond donors (Lipinski definition) is 1. The minimum Gasteiger partial charge on any atom is -0.383 e. The number of rotatable bonds is 3.